The van der Waals surface area contributed by atoms with Gasteiger partial charge in [-0.1, -0.05) is 42.3 Å². The molecule has 0 aliphatic heterocycles. The smallest absolute Gasteiger partial charge is 0.261 e. The molecule has 2 aromatic carbocycles. The zero-order valence-electron chi connectivity index (χ0n) is 17.8. The Morgan fingerprint density at radius 2 is 1.70 bits per heavy atom. The molecule has 0 unspecified atom stereocenters. The molecule has 2 amide bonds. The van der Waals surface area contributed by atoms with Gasteiger partial charge in [-0.2, -0.15) is 0 Å². The molecular weight excluding hydrogens is 423 g/mol. The fourth-order valence-corrected chi connectivity index (χ4v) is 3.61. The van der Waals surface area contributed by atoms with E-state index >= 15 is 0 Å². The highest BCUT2D eigenvalue weighted by atomic mass is 35.5. The summed E-state index contributed by atoms with van der Waals surface area (Å²) in [5, 5.41) is 3.65. The second-order valence-electron chi connectivity index (χ2n) is 7.20. The summed E-state index contributed by atoms with van der Waals surface area (Å²) < 4.78 is 5.76. The number of hydrogen-bond acceptors (Lipinski definition) is 3. The first kappa shape index (κ1) is 24.0. The van der Waals surface area contributed by atoms with Gasteiger partial charge in [-0.05, 0) is 68.1 Å². The number of carbonyl (C=O) groups excluding carboxylic acids is 2. The Morgan fingerprint density at radius 3 is 2.27 bits per heavy atom. The number of benzene rings is 2. The van der Waals surface area contributed by atoms with Crippen LogP contribution in [-0.4, -0.2) is 35.9 Å². The summed E-state index contributed by atoms with van der Waals surface area (Å²) in [4.78, 5) is 27.3. The van der Waals surface area contributed by atoms with Gasteiger partial charge in [0.05, 0.1) is 10.0 Å². The predicted octanol–water partition coefficient (Wildman–Crippen LogP) is 4.93. The number of nitrogens with zero attached hydrogens (tertiary/aromatic N) is 1. The molecule has 0 saturated carbocycles. The predicted molar refractivity (Wildman–Crippen MR) is 121 cm³/mol. The highest BCUT2D eigenvalue weighted by Crippen LogP contribution is 2.24. The van der Waals surface area contributed by atoms with E-state index in [2.05, 4.69) is 5.32 Å². The van der Waals surface area contributed by atoms with Crippen LogP contribution in [0.25, 0.3) is 0 Å². The van der Waals surface area contributed by atoms with Gasteiger partial charge in [-0.25, -0.2) is 0 Å². The Bertz CT molecular complexity index is 882. The summed E-state index contributed by atoms with van der Waals surface area (Å²) >= 11 is 12.1. The topological polar surface area (TPSA) is 58.6 Å². The summed E-state index contributed by atoms with van der Waals surface area (Å²) in [6.45, 7) is 8.21. The number of aryl methyl sites for hydroxylation is 2. The van der Waals surface area contributed by atoms with Crippen LogP contribution >= 0.6 is 23.2 Å². The molecule has 30 heavy (non-hydrogen) atoms. The molecule has 2 aromatic rings. The van der Waals surface area contributed by atoms with E-state index in [0.29, 0.717) is 28.8 Å². The number of rotatable bonds is 9. The van der Waals surface area contributed by atoms with Gasteiger partial charge in [0.15, 0.2) is 6.61 Å². The van der Waals surface area contributed by atoms with Crippen molar-refractivity contribution in [2.24, 2.45) is 0 Å². The monoisotopic (exact) mass is 450 g/mol. The molecule has 0 radical (unpaired) electrons. The molecule has 0 aromatic heterocycles. The van der Waals surface area contributed by atoms with Crippen LogP contribution in [0.2, 0.25) is 10.0 Å². The summed E-state index contributed by atoms with van der Waals surface area (Å²) in [5.41, 5.74) is 2.89. The van der Waals surface area contributed by atoms with Crippen LogP contribution in [0.5, 0.6) is 5.75 Å². The van der Waals surface area contributed by atoms with E-state index in [1.54, 1.807) is 18.2 Å². The van der Waals surface area contributed by atoms with E-state index in [9.17, 15) is 9.59 Å². The number of halogens is 2. The molecule has 0 bridgehead atoms. The number of hydrogen-bond donors (Lipinski definition) is 1. The minimum atomic E-state index is -0.616. The van der Waals surface area contributed by atoms with E-state index < -0.39 is 6.04 Å². The maximum atomic E-state index is 13.1. The van der Waals surface area contributed by atoms with Crippen molar-refractivity contribution in [3.63, 3.8) is 0 Å². The second-order valence-corrected chi connectivity index (χ2v) is 8.02. The van der Waals surface area contributed by atoms with Crippen LogP contribution in [0.4, 0.5) is 0 Å². The molecule has 1 atom stereocenters. The van der Waals surface area contributed by atoms with Crippen molar-refractivity contribution in [3.05, 3.63) is 63.1 Å². The lowest BCUT2D eigenvalue weighted by molar-refractivity contribution is -0.142. The number of amides is 2. The third kappa shape index (κ3) is 6.64. The molecule has 162 valence electrons. The third-order valence-corrected chi connectivity index (χ3v) is 5.37. The van der Waals surface area contributed by atoms with Crippen LogP contribution in [0.15, 0.2) is 36.4 Å². The first-order valence-corrected chi connectivity index (χ1v) is 10.7. The van der Waals surface area contributed by atoms with Gasteiger partial charge in [-0.15, -0.1) is 0 Å². The fourth-order valence-electron chi connectivity index (χ4n) is 3.29. The van der Waals surface area contributed by atoms with Gasteiger partial charge >= 0.3 is 0 Å². The first-order chi connectivity index (χ1) is 14.2. The van der Waals surface area contributed by atoms with Crippen LogP contribution < -0.4 is 10.1 Å². The average Bonchev–Trinajstić information content (AvgIpc) is 2.68. The Balaban J connectivity index is 2.24. The normalized spacial score (nSPS) is 11.7. The minimum Gasteiger partial charge on any atom is -0.484 e. The largest absolute Gasteiger partial charge is 0.484 e. The van der Waals surface area contributed by atoms with Crippen molar-refractivity contribution >= 4 is 35.0 Å². The summed E-state index contributed by atoms with van der Waals surface area (Å²) in [6, 6.07) is 10.4. The lowest BCUT2D eigenvalue weighted by Gasteiger charge is -2.30. The standard InChI is InChI=1S/C23H28Cl2N2O3/c1-5-21(23(29)26-6-2)27(13-17-7-8-19(24)20(25)12-17)22(28)14-30-18-10-15(3)9-16(4)11-18/h7-12,21H,5-6,13-14H2,1-4H3,(H,26,29)/t21-/m0/s1. The van der Waals surface area contributed by atoms with Gasteiger partial charge in [-0.3, -0.25) is 9.59 Å². The number of ether oxygens (including phenoxy) is 1. The van der Waals surface area contributed by atoms with E-state index in [-0.39, 0.29) is 25.0 Å². The zero-order valence-corrected chi connectivity index (χ0v) is 19.3. The maximum absolute atomic E-state index is 13.1. The lowest BCUT2D eigenvalue weighted by atomic mass is 10.1. The molecule has 0 aliphatic rings. The molecule has 2 rings (SSSR count). The number of likely N-dealkylation sites (N-methyl/N-ethyl adjacent to an activating group) is 1. The molecule has 1 N–H and O–H groups in total. The minimum absolute atomic E-state index is 0.167. The molecular formula is C23H28Cl2N2O3. The number of carbonyl (C=O) groups is 2. The van der Waals surface area contributed by atoms with Crippen LogP contribution in [0, 0.1) is 13.8 Å². The van der Waals surface area contributed by atoms with Gasteiger partial charge in [0.1, 0.15) is 11.8 Å². The third-order valence-electron chi connectivity index (χ3n) is 4.63. The Morgan fingerprint density at radius 1 is 1.03 bits per heavy atom. The van der Waals surface area contributed by atoms with Crippen molar-refractivity contribution in [1.82, 2.24) is 10.2 Å². The van der Waals surface area contributed by atoms with E-state index in [1.165, 1.54) is 4.90 Å². The molecule has 0 saturated heterocycles. The summed E-state index contributed by atoms with van der Waals surface area (Å²) in [7, 11) is 0. The average molecular weight is 451 g/mol. The van der Waals surface area contributed by atoms with Gasteiger partial charge in [0.25, 0.3) is 5.91 Å². The zero-order chi connectivity index (χ0) is 22.3. The highest BCUT2D eigenvalue weighted by Gasteiger charge is 2.28. The Hall–Kier alpha value is -2.24. The van der Waals surface area contributed by atoms with Gasteiger partial charge < -0.3 is 15.0 Å². The number of nitrogens with one attached hydrogen (secondary N) is 1. The molecule has 0 spiro atoms. The lowest BCUT2D eigenvalue weighted by Crippen LogP contribution is -2.50. The molecule has 0 fully saturated rings. The highest BCUT2D eigenvalue weighted by molar-refractivity contribution is 6.42. The van der Waals surface area contributed by atoms with Crippen LogP contribution in [0.3, 0.4) is 0 Å². The second kappa shape index (κ2) is 11.2. The Kier molecular flexibility index (Phi) is 9.00. The summed E-state index contributed by atoms with van der Waals surface area (Å²) in [6.07, 6.45) is 0.475. The van der Waals surface area contributed by atoms with E-state index in [0.717, 1.165) is 16.7 Å². The molecule has 5 nitrogen and oxygen atoms in total. The van der Waals surface area contributed by atoms with Crippen molar-refractivity contribution < 1.29 is 14.3 Å². The van der Waals surface area contributed by atoms with Crippen molar-refractivity contribution in [2.45, 2.75) is 46.7 Å². The van der Waals surface area contributed by atoms with Crippen LogP contribution in [0.1, 0.15) is 37.0 Å². The van der Waals surface area contributed by atoms with E-state index in [4.69, 9.17) is 27.9 Å². The van der Waals surface area contributed by atoms with Gasteiger partial charge in [0.2, 0.25) is 5.91 Å². The fraction of sp³-hybridized carbons (Fsp3) is 0.391. The summed E-state index contributed by atoms with van der Waals surface area (Å²) in [5.74, 6) is 0.152. The Labute approximate surface area is 188 Å². The maximum Gasteiger partial charge on any atom is 0.261 e. The molecule has 0 aliphatic carbocycles. The van der Waals surface area contributed by atoms with Crippen molar-refractivity contribution in [2.75, 3.05) is 13.2 Å². The van der Waals surface area contributed by atoms with Crippen molar-refractivity contribution in [3.8, 4) is 5.75 Å². The molecule has 7 heteroatoms. The van der Waals surface area contributed by atoms with E-state index in [1.807, 2.05) is 45.9 Å². The molecule has 0 heterocycles. The van der Waals surface area contributed by atoms with Crippen LogP contribution in [-0.2, 0) is 16.1 Å². The van der Waals surface area contributed by atoms with Crippen molar-refractivity contribution in [1.29, 1.82) is 0 Å². The SMILES string of the molecule is CCNC(=O)[C@H](CC)N(Cc1ccc(Cl)c(Cl)c1)C(=O)COc1cc(C)cc(C)c1. The van der Waals surface area contributed by atoms with Gasteiger partial charge in [0, 0.05) is 13.1 Å². The first-order valence-electron chi connectivity index (χ1n) is 9.97. The quantitative estimate of drug-likeness (QED) is 0.588.